The van der Waals surface area contributed by atoms with Crippen LogP contribution in [0, 0.1) is 0 Å². The number of urea groups is 1. The van der Waals surface area contributed by atoms with E-state index < -0.39 is 0 Å². The van der Waals surface area contributed by atoms with Gasteiger partial charge in [-0.3, -0.25) is 0 Å². The van der Waals surface area contributed by atoms with Crippen molar-refractivity contribution >= 4 is 56.4 Å². The van der Waals surface area contributed by atoms with Gasteiger partial charge in [0, 0.05) is 23.7 Å². The highest BCUT2D eigenvalue weighted by Gasteiger charge is 2.21. The van der Waals surface area contributed by atoms with Crippen LogP contribution in [0.5, 0.6) is 0 Å². The van der Waals surface area contributed by atoms with Crippen molar-refractivity contribution in [1.29, 1.82) is 0 Å². The molecule has 3 aromatic rings. The van der Waals surface area contributed by atoms with Crippen LogP contribution in [-0.2, 0) is 13.0 Å². The van der Waals surface area contributed by atoms with E-state index in [0.717, 1.165) is 33.2 Å². The van der Waals surface area contributed by atoms with Crippen molar-refractivity contribution in [2.24, 2.45) is 0 Å². The molecule has 0 atom stereocenters. The first-order valence-corrected chi connectivity index (χ1v) is 10.2. The Morgan fingerprint density at radius 3 is 3.17 bits per heavy atom. The van der Waals surface area contributed by atoms with Crippen molar-refractivity contribution in [2.75, 3.05) is 18.1 Å². The summed E-state index contributed by atoms with van der Waals surface area (Å²) >= 11 is 5.08. The number of nitrogens with one attached hydrogen (secondary N) is 1. The summed E-state index contributed by atoms with van der Waals surface area (Å²) in [6, 6.07) is 7.98. The number of thiazole rings is 1. The highest BCUT2D eigenvalue weighted by atomic mass is 32.2. The second-order valence-corrected chi connectivity index (χ2v) is 8.42. The van der Waals surface area contributed by atoms with E-state index in [1.54, 1.807) is 34.4 Å². The molecular weight excluding hydrogens is 346 g/mol. The lowest BCUT2D eigenvalue weighted by Gasteiger charge is -2.27. The predicted molar refractivity (Wildman–Crippen MR) is 98.9 cm³/mol. The summed E-state index contributed by atoms with van der Waals surface area (Å²) in [6.07, 6.45) is 2.97. The van der Waals surface area contributed by atoms with E-state index in [1.165, 1.54) is 10.4 Å². The number of hydrogen-bond donors (Lipinski definition) is 1. The molecule has 118 valence electrons. The fourth-order valence-corrected chi connectivity index (χ4v) is 5.11. The van der Waals surface area contributed by atoms with Crippen LogP contribution in [0.4, 0.5) is 10.5 Å². The smallest absolute Gasteiger partial charge is 0.320 e. The summed E-state index contributed by atoms with van der Waals surface area (Å²) in [5.74, 6) is 0. The van der Waals surface area contributed by atoms with Gasteiger partial charge in [0.05, 0.1) is 10.2 Å². The fourth-order valence-electron chi connectivity index (χ4n) is 2.69. The number of amides is 2. The SMILES string of the molecule is CSc1nc2ccc(NC(=O)N3CCc4sccc4C3)cc2s1. The van der Waals surface area contributed by atoms with E-state index in [1.807, 2.05) is 29.4 Å². The van der Waals surface area contributed by atoms with Gasteiger partial charge in [-0.05, 0) is 47.9 Å². The van der Waals surface area contributed by atoms with Crippen molar-refractivity contribution in [3.05, 3.63) is 40.1 Å². The Labute approximate surface area is 146 Å². The largest absolute Gasteiger partial charge is 0.322 e. The number of aromatic nitrogens is 1. The lowest BCUT2D eigenvalue weighted by molar-refractivity contribution is 0.207. The maximum Gasteiger partial charge on any atom is 0.322 e. The second kappa shape index (κ2) is 6.14. The average molecular weight is 362 g/mol. The van der Waals surface area contributed by atoms with Crippen molar-refractivity contribution in [3.8, 4) is 0 Å². The van der Waals surface area contributed by atoms with Crippen LogP contribution in [0.15, 0.2) is 34.0 Å². The molecule has 1 aliphatic rings. The Kier molecular flexibility index (Phi) is 4.00. The van der Waals surface area contributed by atoms with Crippen LogP contribution in [0.3, 0.4) is 0 Å². The second-order valence-electron chi connectivity index (χ2n) is 5.34. The van der Waals surface area contributed by atoms with E-state index in [-0.39, 0.29) is 6.03 Å². The quantitative estimate of drug-likeness (QED) is 0.675. The molecule has 7 heteroatoms. The Balaban J connectivity index is 1.50. The minimum absolute atomic E-state index is 0.0317. The van der Waals surface area contributed by atoms with Crippen molar-refractivity contribution in [2.45, 2.75) is 17.3 Å². The molecule has 1 N–H and O–H groups in total. The Morgan fingerprint density at radius 2 is 2.30 bits per heavy atom. The normalized spacial score (nSPS) is 14.0. The molecule has 23 heavy (non-hydrogen) atoms. The monoisotopic (exact) mass is 361 g/mol. The number of hydrogen-bond acceptors (Lipinski definition) is 5. The molecule has 0 spiro atoms. The highest BCUT2D eigenvalue weighted by Crippen LogP contribution is 2.30. The maximum absolute atomic E-state index is 12.5. The van der Waals surface area contributed by atoms with Crippen molar-refractivity contribution in [3.63, 3.8) is 0 Å². The molecule has 4 nitrogen and oxygen atoms in total. The number of carbonyl (C=O) groups excluding carboxylic acids is 1. The molecule has 0 bridgehead atoms. The Morgan fingerprint density at radius 1 is 1.39 bits per heavy atom. The van der Waals surface area contributed by atoms with E-state index in [9.17, 15) is 4.79 Å². The number of carbonyl (C=O) groups is 1. The first-order chi connectivity index (χ1) is 11.2. The molecule has 0 saturated heterocycles. The van der Waals surface area contributed by atoms with Gasteiger partial charge in [0.25, 0.3) is 0 Å². The number of nitrogens with zero attached hydrogens (tertiary/aromatic N) is 2. The summed E-state index contributed by atoms with van der Waals surface area (Å²) in [6.45, 7) is 1.48. The number of rotatable bonds is 2. The summed E-state index contributed by atoms with van der Waals surface area (Å²) in [4.78, 5) is 20.3. The van der Waals surface area contributed by atoms with Crippen LogP contribution >= 0.6 is 34.4 Å². The lowest BCUT2D eigenvalue weighted by atomic mass is 10.1. The molecule has 0 saturated carbocycles. The number of anilines is 1. The molecule has 0 radical (unpaired) electrons. The summed E-state index contributed by atoms with van der Waals surface area (Å²) in [5, 5.41) is 5.12. The molecule has 2 amide bonds. The van der Waals surface area contributed by atoms with Crippen molar-refractivity contribution < 1.29 is 4.79 Å². The number of thiophene rings is 1. The summed E-state index contributed by atoms with van der Waals surface area (Å²) < 4.78 is 2.15. The van der Waals surface area contributed by atoms with Gasteiger partial charge in [-0.25, -0.2) is 9.78 Å². The number of benzene rings is 1. The molecule has 1 aromatic carbocycles. The number of fused-ring (bicyclic) bond motifs is 2. The van der Waals surface area contributed by atoms with Crippen LogP contribution in [-0.4, -0.2) is 28.7 Å². The van der Waals surface area contributed by atoms with Crippen molar-refractivity contribution in [1.82, 2.24) is 9.88 Å². The van der Waals surface area contributed by atoms with Gasteiger partial charge >= 0.3 is 6.03 Å². The minimum Gasteiger partial charge on any atom is -0.320 e. The van der Waals surface area contributed by atoms with Gasteiger partial charge in [-0.15, -0.1) is 22.7 Å². The van der Waals surface area contributed by atoms with E-state index in [0.29, 0.717) is 6.54 Å². The molecule has 1 aliphatic heterocycles. The Bertz CT molecular complexity index is 870. The molecule has 0 unspecified atom stereocenters. The summed E-state index contributed by atoms with van der Waals surface area (Å²) in [7, 11) is 0. The lowest BCUT2D eigenvalue weighted by Crippen LogP contribution is -2.38. The fraction of sp³-hybridized carbons (Fsp3) is 0.250. The first kappa shape index (κ1) is 15.0. The van der Waals surface area contributed by atoms with Crippen LogP contribution in [0.1, 0.15) is 10.4 Å². The summed E-state index contributed by atoms with van der Waals surface area (Å²) in [5.41, 5.74) is 3.09. The number of thioether (sulfide) groups is 1. The van der Waals surface area contributed by atoms with Crippen LogP contribution < -0.4 is 5.32 Å². The van der Waals surface area contributed by atoms with Gasteiger partial charge in [0.2, 0.25) is 0 Å². The zero-order chi connectivity index (χ0) is 15.8. The zero-order valence-corrected chi connectivity index (χ0v) is 15.0. The third-order valence-electron chi connectivity index (χ3n) is 3.89. The topological polar surface area (TPSA) is 45.2 Å². The third kappa shape index (κ3) is 2.96. The molecule has 3 heterocycles. The van der Waals surface area contributed by atoms with Gasteiger partial charge < -0.3 is 10.2 Å². The van der Waals surface area contributed by atoms with Crippen LogP contribution in [0.2, 0.25) is 0 Å². The predicted octanol–water partition coefficient (Wildman–Crippen LogP) is 4.67. The minimum atomic E-state index is -0.0317. The molecular formula is C16H15N3OS3. The molecule has 0 aliphatic carbocycles. The standard InChI is InChI=1S/C16H15N3OS3/c1-21-16-18-12-3-2-11(8-14(12)23-16)17-15(20)19-6-4-13-10(9-19)5-7-22-13/h2-3,5,7-8H,4,6,9H2,1H3,(H,17,20). The zero-order valence-electron chi connectivity index (χ0n) is 12.5. The van der Waals surface area contributed by atoms with Crippen LogP contribution in [0.25, 0.3) is 10.2 Å². The molecule has 4 rings (SSSR count). The van der Waals surface area contributed by atoms with Gasteiger partial charge in [-0.2, -0.15) is 0 Å². The average Bonchev–Trinajstić information content (AvgIpc) is 3.19. The molecule has 0 fully saturated rings. The third-order valence-corrected chi connectivity index (χ3v) is 6.92. The van der Waals surface area contributed by atoms with E-state index >= 15 is 0 Å². The van der Waals surface area contributed by atoms with Gasteiger partial charge in [0.1, 0.15) is 0 Å². The highest BCUT2D eigenvalue weighted by molar-refractivity contribution is 8.00. The van der Waals surface area contributed by atoms with Gasteiger partial charge in [-0.1, -0.05) is 11.8 Å². The first-order valence-electron chi connectivity index (χ1n) is 7.28. The molecule has 2 aromatic heterocycles. The van der Waals surface area contributed by atoms with Gasteiger partial charge in [0.15, 0.2) is 4.34 Å². The maximum atomic E-state index is 12.5. The Hall–Kier alpha value is -1.57. The van der Waals surface area contributed by atoms with E-state index in [2.05, 4.69) is 21.7 Å². The van der Waals surface area contributed by atoms with E-state index in [4.69, 9.17) is 0 Å².